The van der Waals surface area contributed by atoms with Crippen LogP contribution in [-0.2, 0) is 17.4 Å². The van der Waals surface area contributed by atoms with Gasteiger partial charge in [0, 0.05) is 53.6 Å². The van der Waals surface area contributed by atoms with Crippen LogP contribution in [0.2, 0.25) is 0 Å². The van der Waals surface area contributed by atoms with E-state index < -0.39 is 11.7 Å². The average Bonchev–Trinajstić information content (AvgIpc) is 2.79. The number of nitrogens with one attached hydrogen (secondary N) is 2. The van der Waals surface area contributed by atoms with Crippen molar-refractivity contribution in [2.24, 2.45) is 5.92 Å². The topological polar surface area (TPSA) is 44.4 Å². The first-order chi connectivity index (χ1) is 16.2. The second-order valence-corrected chi connectivity index (χ2v) is 10.4. The Balaban J connectivity index is 1.59. The zero-order valence-electron chi connectivity index (χ0n) is 19.7. The lowest BCUT2D eigenvalue weighted by Gasteiger charge is -2.33. The van der Waals surface area contributed by atoms with Crippen LogP contribution in [-0.4, -0.2) is 32.1 Å². The van der Waals surface area contributed by atoms with Crippen molar-refractivity contribution < 1.29 is 18.0 Å². The number of rotatable bonds is 7. The summed E-state index contributed by atoms with van der Waals surface area (Å²) in [4.78, 5) is 16.4. The van der Waals surface area contributed by atoms with Gasteiger partial charge < -0.3 is 15.5 Å². The molecule has 4 rings (SSSR count). The van der Waals surface area contributed by atoms with Crippen molar-refractivity contribution in [3.8, 4) is 0 Å². The molecule has 0 bridgehead atoms. The molecule has 2 aliphatic rings. The second-order valence-electron chi connectivity index (χ2n) is 9.31. The second kappa shape index (κ2) is 10.6. The molecule has 0 aromatic heterocycles. The van der Waals surface area contributed by atoms with Gasteiger partial charge in [-0.05, 0) is 67.1 Å². The van der Waals surface area contributed by atoms with Crippen LogP contribution in [0, 0.1) is 5.92 Å². The van der Waals surface area contributed by atoms with Gasteiger partial charge >= 0.3 is 6.18 Å². The minimum Gasteiger partial charge on any atom is -0.371 e. The molecule has 0 saturated carbocycles. The van der Waals surface area contributed by atoms with E-state index in [1.807, 2.05) is 6.92 Å². The lowest BCUT2D eigenvalue weighted by Crippen LogP contribution is -2.34. The minimum absolute atomic E-state index is 0.215. The van der Waals surface area contributed by atoms with E-state index in [1.165, 1.54) is 24.2 Å². The number of alkyl halides is 3. The van der Waals surface area contributed by atoms with Gasteiger partial charge in [0.15, 0.2) is 0 Å². The molecule has 2 aromatic rings. The smallest absolute Gasteiger partial charge is 0.371 e. The molecule has 34 heavy (non-hydrogen) atoms. The first kappa shape index (κ1) is 24.9. The number of piperidine rings is 1. The van der Waals surface area contributed by atoms with E-state index in [9.17, 15) is 18.0 Å². The fourth-order valence-corrected chi connectivity index (χ4v) is 5.80. The summed E-state index contributed by atoms with van der Waals surface area (Å²) < 4.78 is 41.0. The molecule has 2 N–H and O–H groups in total. The Morgan fingerprint density at radius 2 is 2.00 bits per heavy atom. The molecule has 0 radical (unpaired) electrons. The Morgan fingerprint density at radius 1 is 1.18 bits per heavy atom. The molecule has 1 amide bonds. The van der Waals surface area contributed by atoms with E-state index in [-0.39, 0.29) is 18.0 Å². The van der Waals surface area contributed by atoms with Gasteiger partial charge in [0.05, 0.1) is 5.56 Å². The first-order valence-corrected chi connectivity index (χ1v) is 12.9. The van der Waals surface area contributed by atoms with Crippen molar-refractivity contribution in [2.45, 2.75) is 61.9 Å². The van der Waals surface area contributed by atoms with Crippen LogP contribution >= 0.6 is 11.8 Å². The van der Waals surface area contributed by atoms with E-state index in [1.54, 1.807) is 0 Å². The van der Waals surface area contributed by atoms with Crippen LogP contribution in [0.15, 0.2) is 40.1 Å². The lowest BCUT2D eigenvalue weighted by atomic mass is 9.98. The van der Waals surface area contributed by atoms with Crippen molar-refractivity contribution >= 4 is 29.0 Å². The number of anilines is 2. The van der Waals surface area contributed by atoms with Crippen molar-refractivity contribution in [3.05, 3.63) is 47.0 Å². The normalized spacial score (nSPS) is 17.8. The van der Waals surface area contributed by atoms with Crippen LogP contribution in [0.3, 0.4) is 0 Å². The Labute approximate surface area is 203 Å². The maximum absolute atomic E-state index is 13.7. The molecule has 1 atom stereocenters. The number of hydrogen-bond donors (Lipinski definition) is 2. The largest absolute Gasteiger partial charge is 0.416 e. The summed E-state index contributed by atoms with van der Waals surface area (Å²) in [7, 11) is 0. The highest BCUT2D eigenvalue weighted by Gasteiger charge is 2.34. The van der Waals surface area contributed by atoms with Gasteiger partial charge in [-0.25, -0.2) is 0 Å². The van der Waals surface area contributed by atoms with Crippen molar-refractivity contribution in [3.63, 3.8) is 0 Å². The summed E-state index contributed by atoms with van der Waals surface area (Å²) >= 11 is 1.37. The Morgan fingerprint density at radius 3 is 2.74 bits per heavy atom. The number of halogens is 3. The molecule has 1 fully saturated rings. The van der Waals surface area contributed by atoms with Crippen LogP contribution in [0.5, 0.6) is 0 Å². The van der Waals surface area contributed by atoms with Gasteiger partial charge in [0.25, 0.3) is 0 Å². The standard InChI is InChI=1S/C26H32F3N3OS/c1-3-9-30-10-8-25(33)31-22-13-19(26(27,28)29)14-24-21(22)12-18-6-7-20(15-23(18)34-24)32-11-4-5-17(2)16-32/h6-7,13-15,17,30H,3-5,8-12,16H2,1-2H3,(H,31,33). The molecular formula is C26H32F3N3OS. The van der Waals surface area contributed by atoms with Gasteiger partial charge in [-0.3, -0.25) is 4.79 Å². The average molecular weight is 492 g/mol. The van der Waals surface area contributed by atoms with Crippen LogP contribution in [0.25, 0.3) is 0 Å². The third-order valence-corrected chi connectivity index (χ3v) is 7.61. The van der Waals surface area contributed by atoms with Gasteiger partial charge in [0.1, 0.15) is 0 Å². The quantitative estimate of drug-likeness (QED) is 0.380. The first-order valence-electron chi connectivity index (χ1n) is 12.0. The summed E-state index contributed by atoms with van der Waals surface area (Å²) in [6.07, 6.45) is -0.433. The molecule has 2 aliphatic heterocycles. The number of carbonyl (C=O) groups excluding carboxylic acids is 1. The van der Waals surface area contributed by atoms with E-state index in [0.717, 1.165) is 60.3 Å². The fraction of sp³-hybridized carbons (Fsp3) is 0.500. The predicted molar refractivity (Wildman–Crippen MR) is 132 cm³/mol. The summed E-state index contributed by atoms with van der Waals surface area (Å²) in [5.41, 5.74) is 2.48. The molecule has 1 unspecified atom stereocenters. The maximum atomic E-state index is 13.7. The van der Waals surface area contributed by atoms with Crippen molar-refractivity contribution in [1.82, 2.24) is 5.32 Å². The predicted octanol–water partition coefficient (Wildman–Crippen LogP) is 6.33. The Hall–Kier alpha value is -2.19. The van der Waals surface area contributed by atoms with E-state index in [2.05, 4.69) is 40.7 Å². The SMILES string of the molecule is CCCNCCC(=O)Nc1cc(C(F)(F)F)cc2c1Cc1ccc(N3CCCC(C)C3)cc1S2. The minimum atomic E-state index is -4.48. The molecule has 0 aliphatic carbocycles. The summed E-state index contributed by atoms with van der Waals surface area (Å²) in [5, 5.41) is 5.91. The fourth-order valence-electron chi connectivity index (χ4n) is 4.62. The summed E-state index contributed by atoms with van der Waals surface area (Å²) in [5.74, 6) is 0.353. The number of benzene rings is 2. The number of nitrogens with zero attached hydrogens (tertiary/aromatic N) is 1. The third kappa shape index (κ3) is 5.89. The van der Waals surface area contributed by atoms with Crippen LogP contribution in [0.1, 0.15) is 56.2 Å². The molecular weight excluding hydrogens is 459 g/mol. The van der Waals surface area contributed by atoms with E-state index >= 15 is 0 Å². The maximum Gasteiger partial charge on any atom is 0.416 e. The molecule has 2 heterocycles. The monoisotopic (exact) mass is 491 g/mol. The highest BCUT2D eigenvalue weighted by atomic mass is 32.2. The molecule has 2 aromatic carbocycles. The number of hydrogen-bond acceptors (Lipinski definition) is 4. The van der Waals surface area contributed by atoms with E-state index in [4.69, 9.17) is 0 Å². The van der Waals surface area contributed by atoms with Crippen molar-refractivity contribution in [1.29, 1.82) is 0 Å². The third-order valence-electron chi connectivity index (χ3n) is 6.43. The summed E-state index contributed by atoms with van der Waals surface area (Å²) in [6.45, 7) is 7.60. The van der Waals surface area contributed by atoms with E-state index in [0.29, 0.717) is 23.8 Å². The van der Waals surface area contributed by atoms with Gasteiger partial charge in [-0.15, -0.1) is 0 Å². The number of fused-ring (bicyclic) bond motifs is 2. The molecule has 1 saturated heterocycles. The Kier molecular flexibility index (Phi) is 7.77. The number of amides is 1. The molecule has 4 nitrogen and oxygen atoms in total. The van der Waals surface area contributed by atoms with Crippen molar-refractivity contribution in [2.75, 3.05) is 36.4 Å². The highest BCUT2D eigenvalue weighted by molar-refractivity contribution is 7.99. The molecule has 8 heteroatoms. The highest BCUT2D eigenvalue weighted by Crippen LogP contribution is 2.46. The van der Waals surface area contributed by atoms with Crippen LogP contribution in [0.4, 0.5) is 24.5 Å². The lowest BCUT2D eigenvalue weighted by molar-refractivity contribution is -0.137. The number of carbonyl (C=O) groups is 1. The van der Waals surface area contributed by atoms with Gasteiger partial charge in [-0.2, -0.15) is 13.2 Å². The van der Waals surface area contributed by atoms with Gasteiger partial charge in [0.2, 0.25) is 5.91 Å². The zero-order valence-corrected chi connectivity index (χ0v) is 20.5. The summed E-state index contributed by atoms with van der Waals surface area (Å²) in [6, 6.07) is 8.60. The zero-order chi connectivity index (χ0) is 24.3. The molecule has 184 valence electrons. The Bertz CT molecular complexity index is 1040. The molecule has 0 spiro atoms. The van der Waals surface area contributed by atoms with Crippen LogP contribution < -0.4 is 15.5 Å². The van der Waals surface area contributed by atoms with Gasteiger partial charge in [-0.1, -0.05) is 31.7 Å².